The molecular weight excluding hydrogens is 330 g/mol. The second-order valence-corrected chi connectivity index (χ2v) is 5.60. The summed E-state index contributed by atoms with van der Waals surface area (Å²) < 4.78 is 7.43. The van der Waals surface area contributed by atoms with Gasteiger partial charge in [-0.05, 0) is 50.2 Å². The van der Waals surface area contributed by atoms with Crippen molar-refractivity contribution in [3.05, 3.63) is 66.4 Å². The Kier molecular flexibility index (Phi) is 4.94. The lowest BCUT2D eigenvalue weighted by Gasteiger charge is -2.16. The summed E-state index contributed by atoms with van der Waals surface area (Å²) in [6.07, 6.45) is 4.39. The van der Waals surface area contributed by atoms with Gasteiger partial charge in [-0.3, -0.25) is 9.36 Å². The van der Waals surface area contributed by atoms with Crippen molar-refractivity contribution in [2.24, 2.45) is 0 Å². The van der Waals surface area contributed by atoms with Gasteiger partial charge in [-0.1, -0.05) is 0 Å². The standard InChI is InChI=1S/C19H17N5O2/c1-13(26-16-7-5-15(12-20)6-8-16)19(25)23-17-4-3-9-22-18(17)24-11-10-21-14(24)2/h3-11,13H,1-2H3,(H,23,25)/t13-/m1/s1. The molecule has 0 saturated heterocycles. The number of aryl methyl sites for hydroxylation is 1. The van der Waals surface area contributed by atoms with Crippen LogP contribution < -0.4 is 10.1 Å². The third kappa shape index (κ3) is 3.70. The van der Waals surface area contributed by atoms with Gasteiger partial charge >= 0.3 is 0 Å². The number of pyridine rings is 1. The Morgan fingerprint density at radius 1 is 1.23 bits per heavy atom. The number of benzene rings is 1. The van der Waals surface area contributed by atoms with E-state index in [9.17, 15) is 4.79 Å². The number of nitrogens with zero attached hydrogens (tertiary/aromatic N) is 4. The first-order chi connectivity index (χ1) is 12.6. The van der Waals surface area contributed by atoms with Crippen molar-refractivity contribution in [1.82, 2.24) is 14.5 Å². The predicted octanol–water partition coefficient (Wildman–Crippen LogP) is 2.85. The highest BCUT2D eigenvalue weighted by Gasteiger charge is 2.17. The Labute approximate surface area is 150 Å². The van der Waals surface area contributed by atoms with Crippen molar-refractivity contribution in [2.45, 2.75) is 20.0 Å². The molecule has 1 amide bonds. The summed E-state index contributed by atoms with van der Waals surface area (Å²) in [4.78, 5) is 21.0. The Morgan fingerprint density at radius 3 is 2.65 bits per heavy atom. The number of aromatic nitrogens is 3. The number of anilines is 1. The topological polar surface area (TPSA) is 92.8 Å². The molecule has 1 aromatic carbocycles. The summed E-state index contributed by atoms with van der Waals surface area (Å²) in [7, 11) is 0. The van der Waals surface area contributed by atoms with Crippen LogP contribution >= 0.6 is 0 Å². The van der Waals surface area contributed by atoms with E-state index in [4.69, 9.17) is 10.00 Å². The van der Waals surface area contributed by atoms with E-state index in [2.05, 4.69) is 15.3 Å². The second kappa shape index (κ2) is 7.49. The molecule has 1 atom stereocenters. The number of amides is 1. The molecule has 2 heterocycles. The minimum atomic E-state index is -0.722. The molecule has 0 unspecified atom stereocenters. The average Bonchev–Trinajstić information content (AvgIpc) is 3.08. The van der Waals surface area contributed by atoms with Crippen molar-refractivity contribution in [1.29, 1.82) is 5.26 Å². The van der Waals surface area contributed by atoms with Gasteiger partial charge in [0.15, 0.2) is 11.9 Å². The van der Waals surface area contributed by atoms with Crippen LogP contribution in [0.5, 0.6) is 5.75 Å². The van der Waals surface area contributed by atoms with Crippen molar-refractivity contribution >= 4 is 11.6 Å². The number of nitrogens with one attached hydrogen (secondary N) is 1. The maximum Gasteiger partial charge on any atom is 0.265 e. The zero-order chi connectivity index (χ0) is 18.5. The van der Waals surface area contributed by atoms with Gasteiger partial charge < -0.3 is 10.1 Å². The van der Waals surface area contributed by atoms with Gasteiger partial charge in [-0.25, -0.2) is 9.97 Å². The fourth-order valence-corrected chi connectivity index (χ4v) is 2.39. The molecule has 1 N–H and O–H groups in total. The van der Waals surface area contributed by atoms with Crippen LogP contribution in [0.15, 0.2) is 55.0 Å². The molecule has 130 valence electrons. The number of ether oxygens (including phenoxy) is 1. The predicted molar refractivity (Wildman–Crippen MR) is 96.0 cm³/mol. The Balaban J connectivity index is 1.73. The van der Waals surface area contributed by atoms with Crippen LogP contribution in [-0.4, -0.2) is 26.5 Å². The van der Waals surface area contributed by atoms with E-state index >= 15 is 0 Å². The molecule has 0 spiro atoms. The second-order valence-electron chi connectivity index (χ2n) is 5.60. The van der Waals surface area contributed by atoms with Crippen molar-refractivity contribution < 1.29 is 9.53 Å². The number of carbonyl (C=O) groups is 1. The first-order valence-electron chi connectivity index (χ1n) is 8.01. The molecule has 0 bridgehead atoms. The molecule has 0 saturated carbocycles. The van der Waals surface area contributed by atoms with E-state index in [1.807, 2.05) is 13.0 Å². The summed E-state index contributed by atoms with van der Waals surface area (Å²) in [6, 6.07) is 12.2. The maximum absolute atomic E-state index is 12.5. The summed E-state index contributed by atoms with van der Waals surface area (Å²) in [5.74, 6) is 1.56. The lowest BCUT2D eigenvalue weighted by atomic mass is 10.2. The average molecular weight is 347 g/mol. The monoisotopic (exact) mass is 347 g/mol. The van der Waals surface area contributed by atoms with E-state index < -0.39 is 6.10 Å². The number of hydrogen-bond acceptors (Lipinski definition) is 5. The molecule has 0 aliphatic carbocycles. The Bertz CT molecular complexity index is 957. The SMILES string of the molecule is Cc1nccn1-c1ncccc1NC(=O)[C@@H](C)Oc1ccc(C#N)cc1. The van der Waals surface area contributed by atoms with E-state index in [1.54, 1.807) is 66.5 Å². The molecular formula is C19H17N5O2. The van der Waals surface area contributed by atoms with Crippen LogP contribution in [0.2, 0.25) is 0 Å². The van der Waals surface area contributed by atoms with Gasteiger partial charge in [0.2, 0.25) is 0 Å². The minimum absolute atomic E-state index is 0.304. The smallest absolute Gasteiger partial charge is 0.265 e. The summed E-state index contributed by atoms with van der Waals surface area (Å²) in [5.41, 5.74) is 1.10. The lowest BCUT2D eigenvalue weighted by Crippen LogP contribution is -2.30. The van der Waals surface area contributed by atoms with E-state index in [0.717, 1.165) is 5.82 Å². The summed E-state index contributed by atoms with van der Waals surface area (Å²) in [6.45, 7) is 3.52. The fourth-order valence-electron chi connectivity index (χ4n) is 2.39. The van der Waals surface area contributed by atoms with Crippen LogP contribution in [0.4, 0.5) is 5.69 Å². The van der Waals surface area contributed by atoms with Gasteiger partial charge in [0.1, 0.15) is 11.6 Å². The molecule has 0 aliphatic rings. The molecule has 3 rings (SSSR count). The molecule has 7 heteroatoms. The van der Waals surface area contributed by atoms with Crippen LogP contribution in [0.3, 0.4) is 0 Å². The summed E-state index contributed by atoms with van der Waals surface area (Å²) >= 11 is 0. The third-order valence-corrected chi connectivity index (χ3v) is 3.76. The number of rotatable bonds is 5. The first-order valence-corrected chi connectivity index (χ1v) is 8.01. The maximum atomic E-state index is 12.5. The number of carbonyl (C=O) groups excluding carboxylic acids is 1. The highest BCUT2D eigenvalue weighted by molar-refractivity contribution is 5.95. The first kappa shape index (κ1) is 17.2. The minimum Gasteiger partial charge on any atom is -0.481 e. The van der Waals surface area contributed by atoms with Crippen molar-refractivity contribution in [3.8, 4) is 17.6 Å². The number of nitriles is 1. The zero-order valence-electron chi connectivity index (χ0n) is 14.4. The number of imidazole rings is 1. The fraction of sp³-hybridized carbons (Fsp3) is 0.158. The highest BCUT2D eigenvalue weighted by atomic mass is 16.5. The summed E-state index contributed by atoms with van der Waals surface area (Å²) in [5, 5.41) is 11.7. The molecule has 0 radical (unpaired) electrons. The molecule has 0 fully saturated rings. The molecule has 26 heavy (non-hydrogen) atoms. The van der Waals surface area contributed by atoms with Crippen LogP contribution in [0.1, 0.15) is 18.3 Å². The third-order valence-electron chi connectivity index (χ3n) is 3.76. The Morgan fingerprint density at radius 2 is 2.00 bits per heavy atom. The zero-order valence-corrected chi connectivity index (χ0v) is 14.4. The highest BCUT2D eigenvalue weighted by Crippen LogP contribution is 2.19. The molecule has 3 aromatic rings. The molecule has 2 aromatic heterocycles. The van der Waals surface area contributed by atoms with Gasteiger partial charge in [-0.15, -0.1) is 0 Å². The molecule has 0 aliphatic heterocycles. The van der Waals surface area contributed by atoms with E-state index in [0.29, 0.717) is 22.8 Å². The van der Waals surface area contributed by atoms with Crippen LogP contribution in [0, 0.1) is 18.3 Å². The van der Waals surface area contributed by atoms with E-state index in [-0.39, 0.29) is 5.91 Å². The lowest BCUT2D eigenvalue weighted by molar-refractivity contribution is -0.122. The largest absolute Gasteiger partial charge is 0.481 e. The van der Waals surface area contributed by atoms with Crippen LogP contribution in [0.25, 0.3) is 5.82 Å². The normalized spacial score (nSPS) is 11.4. The van der Waals surface area contributed by atoms with Crippen molar-refractivity contribution in [3.63, 3.8) is 0 Å². The van der Waals surface area contributed by atoms with Crippen molar-refractivity contribution in [2.75, 3.05) is 5.32 Å². The molecule has 7 nitrogen and oxygen atoms in total. The van der Waals surface area contributed by atoms with E-state index in [1.165, 1.54) is 0 Å². The van der Waals surface area contributed by atoms with Gasteiger partial charge in [0.05, 0.1) is 17.3 Å². The van der Waals surface area contributed by atoms with Gasteiger partial charge in [-0.2, -0.15) is 5.26 Å². The quantitative estimate of drug-likeness (QED) is 0.766. The van der Waals surface area contributed by atoms with Crippen LogP contribution in [-0.2, 0) is 4.79 Å². The Hall–Kier alpha value is -3.66. The van der Waals surface area contributed by atoms with Gasteiger partial charge in [0, 0.05) is 18.6 Å². The number of hydrogen-bond donors (Lipinski definition) is 1. The van der Waals surface area contributed by atoms with Gasteiger partial charge in [0.25, 0.3) is 5.91 Å².